The molecule has 7 nitrogen and oxygen atoms in total. The number of halogens is 2. The van der Waals surface area contributed by atoms with E-state index in [1.807, 2.05) is 6.26 Å². The van der Waals surface area contributed by atoms with Crippen LogP contribution < -0.4 is 16.4 Å². The SMILES string of the molecule is CSCC[C@H](NC(N)=O)C(=O)OCC(=O)Nc1c(Cl)ccc(C)c1Cl. The summed E-state index contributed by atoms with van der Waals surface area (Å²) in [5.74, 6) is -0.740. The zero-order valence-electron chi connectivity index (χ0n) is 13.7. The zero-order valence-corrected chi connectivity index (χ0v) is 16.1. The van der Waals surface area contributed by atoms with Crippen molar-refractivity contribution in [2.75, 3.05) is 23.9 Å². The molecular weight excluding hydrogens is 389 g/mol. The number of hydrogen-bond donors (Lipinski definition) is 3. The predicted molar refractivity (Wildman–Crippen MR) is 100 cm³/mol. The van der Waals surface area contributed by atoms with Crippen LogP contribution in [-0.2, 0) is 14.3 Å². The normalized spacial score (nSPS) is 11.5. The molecule has 0 aliphatic heterocycles. The van der Waals surface area contributed by atoms with Crippen molar-refractivity contribution in [1.29, 1.82) is 0 Å². The van der Waals surface area contributed by atoms with Gasteiger partial charge in [-0.05, 0) is 37.0 Å². The highest BCUT2D eigenvalue weighted by Crippen LogP contribution is 2.32. The van der Waals surface area contributed by atoms with Crippen LogP contribution in [0.1, 0.15) is 12.0 Å². The van der Waals surface area contributed by atoms with E-state index >= 15 is 0 Å². The van der Waals surface area contributed by atoms with Crippen LogP contribution in [-0.4, -0.2) is 42.6 Å². The summed E-state index contributed by atoms with van der Waals surface area (Å²) in [7, 11) is 0. The monoisotopic (exact) mass is 407 g/mol. The van der Waals surface area contributed by atoms with Crippen LogP contribution in [0.2, 0.25) is 10.0 Å². The van der Waals surface area contributed by atoms with E-state index in [1.165, 1.54) is 11.8 Å². The van der Waals surface area contributed by atoms with E-state index in [9.17, 15) is 14.4 Å². The first-order valence-corrected chi connectivity index (χ1v) is 9.37. The molecule has 3 amide bonds. The van der Waals surface area contributed by atoms with Crippen molar-refractivity contribution in [2.45, 2.75) is 19.4 Å². The summed E-state index contributed by atoms with van der Waals surface area (Å²) in [6.45, 7) is 1.22. The van der Waals surface area contributed by atoms with E-state index in [1.54, 1.807) is 19.1 Å². The Labute approximate surface area is 159 Å². The Morgan fingerprint density at radius 3 is 2.60 bits per heavy atom. The summed E-state index contributed by atoms with van der Waals surface area (Å²) in [6, 6.07) is 1.56. The van der Waals surface area contributed by atoms with Gasteiger partial charge in [-0.1, -0.05) is 29.3 Å². The van der Waals surface area contributed by atoms with E-state index in [0.29, 0.717) is 17.2 Å². The van der Waals surface area contributed by atoms with Gasteiger partial charge in [0, 0.05) is 0 Å². The third-order valence-corrected chi connectivity index (χ3v) is 4.55. The number of esters is 1. The third-order valence-electron chi connectivity index (χ3n) is 3.11. The number of thioether (sulfide) groups is 1. The maximum Gasteiger partial charge on any atom is 0.329 e. The van der Waals surface area contributed by atoms with Gasteiger partial charge in [0.05, 0.1) is 15.7 Å². The number of anilines is 1. The van der Waals surface area contributed by atoms with Crippen molar-refractivity contribution in [3.63, 3.8) is 0 Å². The lowest BCUT2D eigenvalue weighted by atomic mass is 10.2. The smallest absolute Gasteiger partial charge is 0.329 e. The Kier molecular flexibility index (Phi) is 8.88. The number of hydrogen-bond acceptors (Lipinski definition) is 5. The van der Waals surface area contributed by atoms with Crippen LogP contribution in [0.3, 0.4) is 0 Å². The number of carbonyl (C=O) groups is 3. The molecule has 0 aliphatic rings. The molecule has 1 atom stereocenters. The van der Waals surface area contributed by atoms with Gasteiger partial charge >= 0.3 is 12.0 Å². The van der Waals surface area contributed by atoms with Crippen LogP contribution in [0.25, 0.3) is 0 Å². The van der Waals surface area contributed by atoms with Gasteiger partial charge in [-0.3, -0.25) is 4.79 Å². The molecule has 0 bridgehead atoms. The molecule has 0 saturated carbocycles. The molecule has 0 heterocycles. The molecule has 10 heteroatoms. The molecule has 4 N–H and O–H groups in total. The van der Waals surface area contributed by atoms with E-state index in [4.69, 9.17) is 33.7 Å². The maximum atomic E-state index is 12.0. The van der Waals surface area contributed by atoms with Gasteiger partial charge in [0.25, 0.3) is 5.91 Å². The van der Waals surface area contributed by atoms with Crippen LogP contribution in [0.4, 0.5) is 10.5 Å². The number of primary amides is 1. The summed E-state index contributed by atoms with van der Waals surface area (Å²) in [5.41, 5.74) is 6.02. The van der Waals surface area contributed by atoms with Gasteiger partial charge in [0.15, 0.2) is 6.61 Å². The third kappa shape index (κ3) is 7.01. The quantitative estimate of drug-likeness (QED) is 0.573. The largest absolute Gasteiger partial charge is 0.454 e. The number of ether oxygens (including phenoxy) is 1. The second kappa shape index (κ2) is 10.4. The minimum atomic E-state index is -0.913. The fourth-order valence-corrected chi connectivity index (χ4v) is 2.78. The van der Waals surface area contributed by atoms with E-state index in [-0.39, 0.29) is 10.7 Å². The molecule has 0 saturated heterocycles. The van der Waals surface area contributed by atoms with Crippen molar-refractivity contribution in [3.8, 4) is 0 Å². The number of carbonyl (C=O) groups excluding carboxylic acids is 3. The van der Waals surface area contributed by atoms with Crippen LogP contribution in [0, 0.1) is 6.92 Å². The number of nitrogens with one attached hydrogen (secondary N) is 2. The fourth-order valence-electron chi connectivity index (χ4n) is 1.84. The summed E-state index contributed by atoms with van der Waals surface area (Å²) < 4.78 is 4.93. The van der Waals surface area contributed by atoms with E-state index in [2.05, 4.69) is 10.6 Å². The van der Waals surface area contributed by atoms with Gasteiger partial charge in [-0.15, -0.1) is 0 Å². The highest BCUT2D eigenvalue weighted by molar-refractivity contribution is 7.98. The Hall–Kier alpha value is -1.64. The van der Waals surface area contributed by atoms with Crippen molar-refractivity contribution in [2.24, 2.45) is 5.73 Å². The van der Waals surface area contributed by atoms with Gasteiger partial charge < -0.3 is 21.1 Å². The van der Waals surface area contributed by atoms with Crippen LogP contribution in [0.5, 0.6) is 0 Å². The molecule has 0 spiro atoms. The molecule has 1 rings (SSSR count). The van der Waals surface area contributed by atoms with E-state index < -0.39 is 30.6 Å². The molecule has 1 aromatic carbocycles. The Balaban J connectivity index is 2.64. The molecule has 1 aromatic rings. The highest BCUT2D eigenvalue weighted by atomic mass is 35.5. The highest BCUT2D eigenvalue weighted by Gasteiger charge is 2.22. The minimum absolute atomic E-state index is 0.249. The van der Waals surface area contributed by atoms with Crippen molar-refractivity contribution >= 4 is 58.6 Å². The molecule has 138 valence electrons. The lowest BCUT2D eigenvalue weighted by Gasteiger charge is -2.16. The maximum absolute atomic E-state index is 12.0. The molecule has 0 aromatic heterocycles. The Morgan fingerprint density at radius 1 is 1.32 bits per heavy atom. The lowest BCUT2D eigenvalue weighted by Crippen LogP contribution is -2.45. The summed E-state index contributed by atoms with van der Waals surface area (Å²) in [4.78, 5) is 34.9. The van der Waals surface area contributed by atoms with E-state index in [0.717, 1.165) is 5.56 Å². The summed E-state index contributed by atoms with van der Waals surface area (Å²) >= 11 is 13.6. The standard InChI is InChI=1S/C15H19Cl2N3O4S/c1-8-3-4-9(16)13(12(8)17)20-11(21)7-24-14(22)10(5-6-25-2)19-15(18)23/h3-4,10H,5-7H2,1-2H3,(H,20,21)(H3,18,19,23)/t10-/m0/s1. The Morgan fingerprint density at radius 2 is 2.00 bits per heavy atom. The first-order valence-electron chi connectivity index (χ1n) is 7.22. The van der Waals surface area contributed by atoms with Crippen LogP contribution in [0.15, 0.2) is 12.1 Å². The second-order valence-electron chi connectivity index (χ2n) is 5.05. The first kappa shape index (κ1) is 21.4. The molecular formula is C15H19Cl2N3O4S. The summed E-state index contributed by atoms with van der Waals surface area (Å²) in [5, 5.41) is 5.37. The summed E-state index contributed by atoms with van der Waals surface area (Å²) in [6.07, 6.45) is 2.19. The average Bonchev–Trinajstić information content (AvgIpc) is 2.56. The number of amides is 3. The van der Waals surface area contributed by atoms with Crippen LogP contribution >= 0.6 is 35.0 Å². The lowest BCUT2D eigenvalue weighted by molar-refractivity contribution is -0.149. The number of rotatable bonds is 8. The van der Waals surface area contributed by atoms with Gasteiger partial charge in [-0.2, -0.15) is 11.8 Å². The fraction of sp³-hybridized carbons (Fsp3) is 0.400. The molecule has 0 unspecified atom stereocenters. The van der Waals surface area contributed by atoms with Crippen molar-refractivity contribution in [1.82, 2.24) is 5.32 Å². The Bertz CT molecular complexity index is 658. The average molecular weight is 408 g/mol. The number of benzene rings is 1. The zero-order chi connectivity index (χ0) is 19.0. The van der Waals surface area contributed by atoms with Crippen molar-refractivity contribution in [3.05, 3.63) is 27.7 Å². The first-order chi connectivity index (χ1) is 11.8. The van der Waals surface area contributed by atoms with Gasteiger partial charge in [0.2, 0.25) is 0 Å². The molecule has 0 radical (unpaired) electrons. The molecule has 25 heavy (non-hydrogen) atoms. The topological polar surface area (TPSA) is 111 Å². The van der Waals surface area contributed by atoms with Crippen molar-refractivity contribution < 1.29 is 19.1 Å². The second-order valence-corrected chi connectivity index (χ2v) is 6.82. The number of nitrogens with two attached hydrogens (primary N) is 1. The predicted octanol–water partition coefficient (Wildman–Crippen LogP) is 2.57. The molecule has 0 fully saturated rings. The number of urea groups is 1. The van der Waals surface area contributed by atoms with Gasteiger partial charge in [0.1, 0.15) is 6.04 Å². The van der Waals surface area contributed by atoms with Gasteiger partial charge in [-0.25, -0.2) is 9.59 Å². The number of aryl methyl sites for hydroxylation is 1. The molecule has 0 aliphatic carbocycles. The minimum Gasteiger partial charge on any atom is -0.454 e.